The SMILES string of the molecule is COc1ccccc1[C@@H](C)NCCC(C)O. The highest BCUT2D eigenvalue weighted by molar-refractivity contribution is 5.35. The zero-order valence-electron chi connectivity index (χ0n) is 10.2. The number of methoxy groups -OCH3 is 1. The first kappa shape index (κ1) is 13.0. The van der Waals surface area contributed by atoms with Gasteiger partial charge >= 0.3 is 0 Å². The van der Waals surface area contributed by atoms with Gasteiger partial charge in [-0.3, -0.25) is 0 Å². The molecule has 0 heterocycles. The van der Waals surface area contributed by atoms with E-state index in [9.17, 15) is 5.11 Å². The van der Waals surface area contributed by atoms with Crippen molar-refractivity contribution >= 4 is 0 Å². The van der Waals surface area contributed by atoms with E-state index >= 15 is 0 Å². The van der Waals surface area contributed by atoms with Gasteiger partial charge in [0, 0.05) is 11.6 Å². The molecule has 90 valence electrons. The predicted octanol–water partition coefficient (Wildman–Crippen LogP) is 2.12. The maximum atomic E-state index is 9.17. The minimum Gasteiger partial charge on any atom is -0.496 e. The average Bonchev–Trinajstić information content (AvgIpc) is 2.28. The van der Waals surface area contributed by atoms with E-state index in [2.05, 4.69) is 18.3 Å². The van der Waals surface area contributed by atoms with Gasteiger partial charge in [0.1, 0.15) is 5.75 Å². The summed E-state index contributed by atoms with van der Waals surface area (Å²) in [5, 5.41) is 12.5. The molecule has 0 radical (unpaired) electrons. The third-order valence-corrected chi connectivity index (χ3v) is 2.62. The molecular weight excluding hydrogens is 202 g/mol. The fraction of sp³-hybridized carbons (Fsp3) is 0.538. The van der Waals surface area contributed by atoms with Crippen molar-refractivity contribution in [3.8, 4) is 5.75 Å². The smallest absolute Gasteiger partial charge is 0.123 e. The first-order valence-corrected chi connectivity index (χ1v) is 5.69. The largest absolute Gasteiger partial charge is 0.496 e. The summed E-state index contributed by atoms with van der Waals surface area (Å²) >= 11 is 0. The molecule has 1 aromatic carbocycles. The summed E-state index contributed by atoms with van der Waals surface area (Å²) in [7, 11) is 1.68. The van der Waals surface area contributed by atoms with Gasteiger partial charge in [-0.1, -0.05) is 18.2 Å². The number of hydrogen-bond donors (Lipinski definition) is 2. The van der Waals surface area contributed by atoms with Crippen LogP contribution in [0.4, 0.5) is 0 Å². The van der Waals surface area contributed by atoms with Gasteiger partial charge in [0.15, 0.2) is 0 Å². The first-order valence-electron chi connectivity index (χ1n) is 5.69. The average molecular weight is 223 g/mol. The Morgan fingerprint density at radius 2 is 2.00 bits per heavy atom. The summed E-state index contributed by atoms with van der Waals surface area (Å²) in [6.07, 6.45) is 0.511. The highest BCUT2D eigenvalue weighted by Crippen LogP contribution is 2.24. The van der Waals surface area contributed by atoms with Crippen LogP contribution in [0.15, 0.2) is 24.3 Å². The number of para-hydroxylation sites is 1. The van der Waals surface area contributed by atoms with Crippen molar-refractivity contribution in [2.45, 2.75) is 32.4 Å². The molecule has 2 N–H and O–H groups in total. The van der Waals surface area contributed by atoms with E-state index in [0.717, 1.165) is 24.3 Å². The van der Waals surface area contributed by atoms with E-state index in [0.29, 0.717) is 0 Å². The summed E-state index contributed by atoms with van der Waals surface area (Å²) in [6.45, 7) is 4.70. The van der Waals surface area contributed by atoms with Crippen LogP contribution in [0, 0.1) is 0 Å². The van der Waals surface area contributed by atoms with E-state index in [-0.39, 0.29) is 12.1 Å². The zero-order valence-corrected chi connectivity index (χ0v) is 10.2. The fourth-order valence-corrected chi connectivity index (χ4v) is 1.64. The summed E-state index contributed by atoms with van der Waals surface area (Å²) in [5.41, 5.74) is 1.15. The highest BCUT2D eigenvalue weighted by atomic mass is 16.5. The Balaban J connectivity index is 2.55. The van der Waals surface area contributed by atoms with E-state index in [1.807, 2.05) is 18.2 Å². The summed E-state index contributed by atoms with van der Waals surface area (Å²) < 4.78 is 5.30. The third-order valence-electron chi connectivity index (χ3n) is 2.62. The number of ether oxygens (including phenoxy) is 1. The molecule has 3 heteroatoms. The van der Waals surface area contributed by atoms with Crippen LogP contribution in [0.1, 0.15) is 31.9 Å². The molecule has 1 rings (SSSR count). The van der Waals surface area contributed by atoms with Crippen molar-refractivity contribution in [1.29, 1.82) is 0 Å². The van der Waals surface area contributed by atoms with E-state index in [1.54, 1.807) is 14.0 Å². The topological polar surface area (TPSA) is 41.5 Å². The van der Waals surface area contributed by atoms with Crippen molar-refractivity contribution in [2.75, 3.05) is 13.7 Å². The zero-order chi connectivity index (χ0) is 12.0. The number of benzene rings is 1. The number of hydrogen-bond acceptors (Lipinski definition) is 3. The van der Waals surface area contributed by atoms with Crippen LogP contribution in [0.2, 0.25) is 0 Å². The predicted molar refractivity (Wildman–Crippen MR) is 65.7 cm³/mol. The van der Waals surface area contributed by atoms with Crippen molar-refractivity contribution in [2.24, 2.45) is 0 Å². The molecule has 0 saturated carbocycles. The summed E-state index contributed by atoms with van der Waals surface area (Å²) in [6, 6.07) is 8.21. The lowest BCUT2D eigenvalue weighted by molar-refractivity contribution is 0.182. The minimum absolute atomic E-state index is 0.231. The molecule has 0 aliphatic carbocycles. The second-order valence-electron chi connectivity index (χ2n) is 4.06. The van der Waals surface area contributed by atoms with E-state index in [4.69, 9.17) is 4.74 Å². The molecule has 16 heavy (non-hydrogen) atoms. The molecule has 1 unspecified atom stereocenters. The van der Waals surface area contributed by atoms with Crippen LogP contribution < -0.4 is 10.1 Å². The molecule has 2 atom stereocenters. The maximum absolute atomic E-state index is 9.17. The molecule has 0 aliphatic rings. The normalized spacial score (nSPS) is 14.5. The molecule has 3 nitrogen and oxygen atoms in total. The molecule has 0 bridgehead atoms. The molecule has 1 aromatic rings. The van der Waals surface area contributed by atoms with Gasteiger partial charge in [-0.25, -0.2) is 0 Å². The Labute approximate surface area is 97.4 Å². The van der Waals surface area contributed by atoms with Crippen molar-refractivity contribution in [3.05, 3.63) is 29.8 Å². The number of nitrogens with one attached hydrogen (secondary N) is 1. The Kier molecular flexibility index (Phi) is 5.29. The lowest BCUT2D eigenvalue weighted by Gasteiger charge is -2.17. The van der Waals surface area contributed by atoms with Gasteiger partial charge < -0.3 is 15.2 Å². The molecular formula is C13H21NO2. The van der Waals surface area contributed by atoms with Crippen molar-refractivity contribution in [3.63, 3.8) is 0 Å². The van der Waals surface area contributed by atoms with Gasteiger partial charge in [-0.2, -0.15) is 0 Å². The monoisotopic (exact) mass is 223 g/mol. The third kappa shape index (κ3) is 3.83. The van der Waals surface area contributed by atoms with Crippen LogP contribution in [0.25, 0.3) is 0 Å². The number of aliphatic hydroxyl groups excluding tert-OH is 1. The second-order valence-corrected chi connectivity index (χ2v) is 4.06. The first-order chi connectivity index (χ1) is 7.65. The molecule has 0 spiro atoms. The summed E-state index contributed by atoms with van der Waals surface area (Å²) in [5.74, 6) is 0.902. The summed E-state index contributed by atoms with van der Waals surface area (Å²) in [4.78, 5) is 0. The number of aliphatic hydroxyl groups is 1. The Bertz CT molecular complexity index is 313. The Morgan fingerprint density at radius 3 is 2.62 bits per heavy atom. The lowest BCUT2D eigenvalue weighted by Crippen LogP contribution is -2.22. The van der Waals surface area contributed by atoms with Crippen LogP contribution >= 0.6 is 0 Å². The van der Waals surface area contributed by atoms with Gasteiger partial charge in [0.2, 0.25) is 0 Å². The van der Waals surface area contributed by atoms with E-state index < -0.39 is 0 Å². The van der Waals surface area contributed by atoms with Crippen LogP contribution in [-0.2, 0) is 0 Å². The molecule has 0 aromatic heterocycles. The lowest BCUT2D eigenvalue weighted by atomic mass is 10.1. The second kappa shape index (κ2) is 6.51. The Morgan fingerprint density at radius 1 is 1.31 bits per heavy atom. The molecule has 0 fully saturated rings. The van der Waals surface area contributed by atoms with Crippen LogP contribution in [-0.4, -0.2) is 24.9 Å². The Hall–Kier alpha value is -1.06. The standard InChI is InChI=1S/C13H21NO2/c1-10(15)8-9-14-11(2)12-6-4-5-7-13(12)16-3/h4-7,10-11,14-15H,8-9H2,1-3H3/t10?,11-/m1/s1. The molecule has 0 aliphatic heterocycles. The number of rotatable bonds is 6. The van der Waals surface area contributed by atoms with E-state index in [1.165, 1.54) is 0 Å². The minimum atomic E-state index is -0.252. The fourth-order valence-electron chi connectivity index (χ4n) is 1.64. The van der Waals surface area contributed by atoms with Crippen LogP contribution in [0.3, 0.4) is 0 Å². The van der Waals surface area contributed by atoms with Gasteiger partial charge in [-0.05, 0) is 32.9 Å². The van der Waals surface area contributed by atoms with Gasteiger partial charge in [0.25, 0.3) is 0 Å². The van der Waals surface area contributed by atoms with Gasteiger partial charge in [0.05, 0.1) is 13.2 Å². The van der Waals surface area contributed by atoms with Crippen LogP contribution in [0.5, 0.6) is 5.75 Å². The maximum Gasteiger partial charge on any atom is 0.123 e. The highest BCUT2D eigenvalue weighted by Gasteiger charge is 2.09. The van der Waals surface area contributed by atoms with Crippen molar-refractivity contribution in [1.82, 2.24) is 5.32 Å². The quantitative estimate of drug-likeness (QED) is 0.776. The van der Waals surface area contributed by atoms with Crippen molar-refractivity contribution < 1.29 is 9.84 Å². The van der Waals surface area contributed by atoms with Gasteiger partial charge in [-0.15, -0.1) is 0 Å². The molecule has 0 amide bonds. The molecule has 0 saturated heterocycles.